The number of hydrogen-bond acceptors (Lipinski definition) is 14. The summed E-state index contributed by atoms with van der Waals surface area (Å²) in [6.07, 6.45) is -6.30. The van der Waals surface area contributed by atoms with E-state index in [4.69, 9.17) is 32.8 Å². The molecule has 1 aromatic carbocycles. The molecule has 3 rings (SSSR count). The number of anilines is 1. The van der Waals surface area contributed by atoms with E-state index >= 15 is 0 Å². The molecule has 1 fully saturated rings. The molecule has 2 heterocycles. The van der Waals surface area contributed by atoms with Gasteiger partial charge in [-0.1, -0.05) is 5.10 Å². The summed E-state index contributed by atoms with van der Waals surface area (Å²) >= 11 is 0. The Morgan fingerprint density at radius 3 is 2.00 bits per heavy atom. The van der Waals surface area contributed by atoms with Crippen LogP contribution in [-0.4, -0.2) is 78.4 Å². The minimum Gasteiger partial charge on any atom is -0.497 e. The zero-order chi connectivity index (χ0) is 27.1. The third kappa shape index (κ3) is 7.39. The van der Waals surface area contributed by atoms with Gasteiger partial charge < -0.3 is 38.2 Å². The summed E-state index contributed by atoms with van der Waals surface area (Å²) in [4.78, 5) is 47.1. The molecule has 0 aliphatic carbocycles. The largest absolute Gasteiger partial charge is 0.497 e. The zero-order valence-electron chi connectivity index (χ0n) is 20.8. The van der Waals surface area contributed by atoms with E-state index in [2.05, 4.69) is 15.5 Å². The van der Waals surface area contributed by atoms with E-state index in [0.717, 1.165) is 20.8 Å². The van der Waals surface area contributed by atoms with Crippen LogP contribution in [0.2, 0.25) is 0 Å². The van der Waals surface area contributed by atoms with E-state index in [0.29, 0.717) is 11.3 Å². The molecule has 200 valence electrons. The lowest BCUT2D eigenvalue weighted by atomic mass is 9.97. The highest BCUT2D eigenvalue weighted by Crippen LogP contribution is 2.31. The normalized spacial score (nSPS) is 22.9. The van der Waals surface area contributed by atoms with E-state index in [1.54, 1.807) is 24.3 Å². The molecule has 1 aromatic heterocycles. The summed E-state index contributed by atoms with van der Waals surface area (Å²) in [7, 11) is 1.54. The number of benzene rings is 1. The van der Waals surface area contributed by atoms with Crippen molar-refractivity contribution in [2.24, 2.45) is 0 Å². The topological polar surface area (TPSA) is 175 Å². The van der Waals surface area contributed by atoms with Crippen molar-refractivity contribution in [3.63, 3.8) is 0 Å². The van der Waals surface area contributed by atoms with Gasteiger partial charge in [-0.2, -0.15) is 0 Å². The number of ether oxygens (including phenoxy) is 6. The van der Waals surface area contributed by atoms with Crippen LogP contribution in [0.15, 0.2) is 28.7 Å². The summed E-state index contributed by atoms with van der Waals surface area (Å²) < 4.78 is 37.9. The van der Waals surface area contributed by atoms with Gasteiger partial charge in [-0.3, -0.25) is 19.2 Å². The van der Waals surface area contributed by atoms with Crippen LogP contribution in [0, 0.1) is 0 Å². The number of nitrogens with zero attached hydrogens (tertiary/aromatic N) is 2. The molecule has 1 aliphatic rings. The second kappa shape index (κ2) is 12.2. The number of carbonyl (C=O) groups excluding carboxylic acids is 4. The van der Waals surface area contributed by atoms with Crippen molar-refractivity contribution in [2.45, 2.75) is 58.3 Å². The van der Waals surface area contributed by atoms with Crippen molar-refractivity contribution < 1.29 is 52.0 Å². The molecule has 0 bridgehead atoms. The molecule has 0 amide bonds. The summed E-state index contributed by atoms with van der Waals surface area (Å²) in [5.41, 5.74) is 0.600. The maximum atomic E-state index is 11.9. The molecule has 14 heteroatoms. The van der Waals surface area contributed by atoms with E-state index in [9.17, 15) is 19.2 Å². The van der Waals surface area contributed by atoms with E-state index in [1.165, 1.54) is 14.0 Å². The van der Waals surface area contributed by atoms with Gasteiger partial charge in [-0.25, -0.2) is 0 Å². The van der Waals surface area contributed by atoms with Gasteiger partial charge in [0.15, 0.2) is 24.5 Å². The Bertz CT molecular complexity index is 1120. The fraction of sp³-hybridized carbons (Fsp3) is 0.478. The van der Waals surface area contributed by atoms with Gasteiger partial charge in [0.1, 0.15) is 18.5 Å². The van der Waals surface area contributed by atoms with Crippen LogP contribution < -0.4 is 10.1 Å². The highest BCUT2D eigenvalue weighted by Gasteiger charge is 2.52. The smallest absolute Gasteiger partial charge is 0.317 e. The first-order valence-electron chi connectivity index (χ1n) is 11.1. The molecule has 1 N–H and O–H groups in total. The average molecular weight is 521 g/mol. The monoisotopic (exact) mass is 521 g/mol. The molecule has 0 spiro atoms. The Balaban J connectivity index is 1.92. The SMILES string of the molecule is COc1ccc(-c2nnc(N[C@@H]3O[C@H](COC(C)=O)[C@H](OC(C)=O)[C@H](OC(C)=O)[C@H]3OC(C)=O)o2)cc1. The highest BCUT2D eigenvalue weighted by molar-refractivity contribution is 5.69. The fourth-order valence-electron chi connectivity index (χ4n) is 3.60. The van der Waals surface area contributed by atoms with Crippen LogP contribution in [0.25, 0.3) is 11.5 Å². The Labute approximate surface area is 211 Å². The molecule has 0 unspecified atom stereocenters. The Hall–Kier alpha value is -4.20. The third-order valence-corrected chi connectivity index (χ3v) is 5.02. The number of rotatable bonds is 9. The number of nitrogens with one attached hydrogen (secondary N) is 1. The van der Waals surface area contributed by atoms with Gasteiger partial charge in [0, 0.05) is 33.3 Å². The lowest BCUT2D eigenvalue weighted by Crippen LogP contribution is -2.64. The van der Waals surface area contributed by atoms with E-state index in [1.807, 2.05) is 0 Å². The van der Waals surface area contributed by atoms with Gasteiger partial charge in [-0.05, 0) is 24.3 Å². The zero-order valence-corrected chi connectivity index (χ0v) is 20.8. The summed E-state index contributed by atoms with van der Waals surface area (Å²) in [6, 6.07) is 6.74. The minimum absolute atomic E-state index is 0.119. The molecular formula is C23H27N3O11. The predicted octanol–water partition coefficient (Wildman–Crippen LogP) is 1.24. The molecular weight excluding hydrogens is 494 g/mol. The molecule has 0 radical (unpaired) electrons. The molecule has 0 saturated carbocycles. The lowest BCUT2D eigenvalue weighted by Gasteiger charge is -2.44. The summed E-state index contributed by atoms with van der Waals surface area (Å²) in [5.74, 6) is -2.03. The predicted molar refractivity (Wildman–Crippen MR) is 122 cm³/mol. The van der Waals surface area contributed by atoms with Crippen molar-refractivity contribution in [1.82, 2.24) is 10.2 Å². The van der Waals surface area contributed by atoms with E-state index in [-0.39, 0.29) is 18.5 Å². The standard InChI is InChI=1S/C23H27N3O11/c1-11(27)32-10-17-18(33-12(2)28)19(34-13(3)29)20(35-14(4)30)22(36-17)24-23-26-25-21(37-23)15-6-8-16(31-5)9-7-15/h6-9,17-20,22H,10H2,1-5H3,(H,24,26)/t17-,18+,19+,20-,22-/m1/s1. The van der Waals surface area contributed by atoms with Crippen molar-refractivity contribution >= 4 is 29.9 Å². The van der Waals surface area contributed by atoms with Crippen molar-refractivity contribution in [2.75, 3.05) is 19.0 Å². The second-order valence-corrected chi connectivity index (χ2v) is 7.91. The summed E-state index contributed by atoms with van der Waals surface area (Å²) in [5, 5.41) is 10.7. The van der Waals surface area contributed by atoms with Crippen molar-refractivity contribution in [3.05, 3.63) is 24.3 Å². The van der Waals surface area contributed by atoms with Crippen molar-refractivity contribution in [1.29, 1.82) is 0 Å². The molecule has 2 aromatic rings. The lowest BCUT2D eigenvalue weighted by molar-refractivity contribution is -0.247. The highest BCUT2D eigenvalue weighted by atomic mass is 16.7. The van der Waals surface area contributed by atoms with Gasteiger partial charge in [-0.15, -0.1) is 5.10 Å². The molecule has 1 aliphatic heterocycles. The first kappa shape index (κ1) is 27.4. The molecule has 14 nitrogen and oxygen atoms in total. The summed E-state index contributed by atoms with van der Waals surface area (Å²) in [6.45, 7) is 4.23. The minimum atomic E-state index is -1.33. The molecule has 37 heavy (non-hydrogen) atoms. The first-order valence-corrected chi connectivity index (χ1v) is 11.1. The number of esters is 4. The van der Waals surface area contributed by atoms with Crippen LogP contribution in [0.4, 0.5) is 6.01 Å². The number of carbonyl (C=O) groups is 4. The van der Waals surface area contributed by atoms with Gasteiger partial charge in [0.05, 0.1) is 7.11 Å². The van der Waals surface area contributed by atoms with Gasteiger partial charge in [0.2, 0.25) is 5.89 Å². The maximum Gasteiger partial charge on any atom is 0.317 e. The van der Waals surface area contributed by atoms with Crippen LogP contribution in [0.5, 0.6) is 5.75 Å². The quantitative estimate of drug-likeness (QED) is 0.368. The van der Waals surface area contributed by atoms with Crippen LogP contribution in [-0.2, 0) is 42.9 Å². The first-order chi connectivity index (χ1) is 17.6. The average Bonchev–Trinajstić information content (AvgIpc) is 3.29. The van der Waals surface area contributed by atoms with E-state index < -0.39 is 54.5 Å². The third-order valence-electron chi connectivity index (χ3n) is 5.02. The molecule has 5 atom stereocenters. The maximum absolute atomic E-state index is 11.9. The van der Waals surface area contributed by atoms with Crippen molar-refractivity contribution in [3.8, 4) is 17.2 Å². The Kier molecular flexibility index (Phi) is 9.00. The van der Waals surface area contributed by atoms with Gasteiger partial charge >= 0.3 is 29.9 Å². The number of methoxy groups -OCH3 is 1. The number of hydrogen-bond donors (Lipinski definition) is 1. The molecule has 1 saturated heterocycles. The Morgan fingerprint density at radius 1 is 0.838 bits per heavy atom. The number of aromatic nitrogens is 2. The van der Waals surface area contributed by atoms with Crippen LogP contribution in [0.3, 0.4) is 0 Å². The Morgan fingerprint density at radius 2 is 1.43 bits per heavy atom. The second-order valence-electron chi connectivity index (χ2n) is 7.91. The van der Waals surface area contributed by atoms with Crippen LogP contribution in [0.1, 0.15) is 27.7 Å². The fourth-order valence-corrected chi connectivity index (χ4v) is 3.60. The van der Waals surface area contributed by atoms with Gasteiger partial charge in [0.25, 0.3) is 0 Å². The van der Waals surface area contributed by atoms with Crippen LogP contribution >= 0.6 is 0 Å².